The molecule has 0 aromatic rings. The topological polar surface area (TPSA) is 38.7 Å². The Morgan fingerprint density at radius 2 is 1.90 bits per heavy atom. The Balaban J connectivity index is 1.45. The Bertz CT molecular complexity index is 326. The quantitative estimate of drug-likeness (QED) is 0.742. The highest BCUT2D eigenvalue weighted by atomic mass is 16.3. The van der Waals surface area contributed by atoms with E-state index < -0.39 is 0 Å². The van der Waals surface area contributed by atoms with Crippen LogP contribution in [0.15, 0.2) is 0 Å². The first-order valence-corrected chi connectivity index (χ1v) is 9.07. The zero-order valence-corrected chi connectivity index (χ0v) is 13.7. The van der Waals surface area contributed by atoms with Crippen molar-refractivity contribution < 1.29 is 5.11 Å². The number of hydrogen-bond acceptors (Lipinski definition) is 4. The number of nitrogens with one attached hydrogen (secondary N) is 1. The van der Waals surface area contributed by atoms with Gasteiger partial charge in [0, 0.05) is 44.3 Å². The number of aliphatic hydroxyl groups excluding tert-OH is 1. The highest BCUT2D eigenvalue weighted by Gasteiger charge is 2.41. The van der Waals surface area contributed by atoms with Gasteiger partial charge in [-0.25, -0.2) is 0 Å². The minimum atomic E-state index is 0.00578. The van der Waals surface area contributed by atoms with E-state index in [1.807, 2.05) is 0 Å². The lowest BCUT2D eigenvalue weighted by atomic mass is 9.98. The fourth-order valence-electron chi connectivity index (χ4n) is 4.14. The molecule has 0 amide bonds. The molecule has 122 valence electrons. The number of piperazine rings is 1. The second-order valence-corrected chi connectivity index (χ2v) is 7.54. The maximum Gasteiger partial charge on any atom is 0.0613 e. The van der Waals surface area contributed by atoms with Crippen LogP contribution in [-0.4, -0.2) is 72.4 Å². The van der Waals surface area contributed by atoms with E-state index >= 15 is 0 Å². The van der Waals surface area contributed by atoms with Crippen molar-refractivity contribution in [2.24, 2.45) is 5.92 Å². The van der Waals surface area contributed by atoms with E-state index in [0.717, 1.165) is 31.7 Å². The number of nitrogens with zero attached hydrogens (tertiary/aromatic N) is 2. The molecule has 1 heterocycles. The molecule has 2 unspecified atom stereocenters. The van der Waals surface area contributed by atoms with Crippen molar-refractivity contribution in [1.82, 2.24) is 15.1 Å². The van der Waals surface area contributed by atoms with Crippen LogP contribution < -0.4 is 5.32 Å². The summed E-state index contributed by atoms with van der Waals surface area (Å²) in [6.45, 7) is 9.83. The first-order chi connectivity index (χ1) is 10.2. The maximum absolute atomic E-state index is 9.82. The molecule has 0 aromatic carbocycles. The van der Waals surface area contributed by atoms with Gasteiger partial charge >= 0.3 is 0 Å². The molecule has 0 aromatic heterocycles. The summed E-state index contributed by atoms with van der Waals surface area (Å²) in [4.78, 5) is 5.35. The molecule has 0 radical (unpaired) electrons. The van der Waals surface area contributed by atoms with Gasteiger partial charge in [0.15, 0.2) is 0 Å². The van der Waals surface area contributed by atoms with E-state index in [0.29, 0.717) is 12.6 Å². The molecule has 0 bridgehead atoms. The molecule has 4 nitrogen and oxygen atoms in total. The third kappa shape index (κ3) is 3.98. The van der Waals surface area contributed by atoms with Crippen molar-refractivity contribution >= 4 is 0 Å². The van der Waals surface area contributed by atoms with Crippen molar-refractivity contribution in [2.75, 3.05) is 45.9 Å². The normalized spacial score (nSPS) is 35.4. The molecule has 2 aliphatic carbocycles. The highest BCUT2D eigenvalue weighted by Crippen LogP contribution is 2.34. The van der Waals surface area contributed by atoms with Gasteiger partial charge in [-0.15, -0.1) is 0 Å². The molecular weight excluding hydrogens is 262 g/mol. The lowest BCUT2D eigenvalue weighted by Crippen LogP contribution is -2.52. The molecule has 3 rings (SSSR count). The number of hydrogen-bond donors (Lipinski definition) is 2. The van der Waals surface area contributed by atoms with Crippen molar-refractivity contribution in [2.45, 2.75) is 57.0 Å². The van der Waals surface area contributed by atoms with Gasteiger partial charge in [-0.1, -0.05) is 6.92 Å². The lowest BCUT2D eigenvalue weighted by Gasteiger charge is -2.39. The van der Waals surface area contributed by atoms with E-state index in [9.17, 15) is 5.11 Å². The van der Waals surface area contributed by atoms with Crippen molar-refractivity contribution in [3.63, 3.8) is 0 Å². The highest BCUT2D eigenvalue weighted by molar-refractivity contribution is 5.00. The molecule has 2 atom stereocenters. The summed E-state index contributed by atoms with van der Waals surface area (Å²) in [5.74, 6) is 1.02. The average molecular weight is 295 g/mol. The Hall–Kier alpha value is -0.160. The number of rotatable bonds is 7. The average Bonchev–Trinajstić information content (AvgIpc) is 3.23. The third-order valence-corrected chi connectivity index (χ3v) is 5.77. The predicted octanol–water partition coefficient (Wildman–Crippen LogP) is 1.30. The van der Waals surface area contributed by atoms with E-state index in [2.05, 4.69) is 22.0 Å². The third-order valence-electron chi connectivity index (χ3n) is 5.77. The van der Waals surface area contributed by atoms with Crippen LogP contribution >= 0.6 is 0 Å². The van der Waals surface area contributed by atoms with Crippen LogP contribution in [0.25, 0.3) is 0 Å². The van der Waals surface area contributed by atoms with Gasteiger partial charge in [0.05, 0.1) is 6.61 Å². The largest absolute Gasteiger partial charge is 0.394 e. The maximum atomic E-state index is 9.82. The first kappa shape index (κ1) is 15.7. The second kappa shape index (κ2) is 6.95. The van der Waals surface area contributed by atoms with E-state index in [1.165, 1.54) is 52.0 Å². The Morgan fingerprint density at radius 1 is 1.14 bits per heavy atom. The SMILES string of the molecule is CCCNC1(CO)CCC(N2CCN(CC3CC3)CC2)C1. The van der Waals surface area contributed by atoms with Gasteiger partial charge in [-0.2, -0.15) is 0 Å². The van der Waals surface area contributed by atoms with Crippen molar-refractivity contribution in [3.8, 4) is 0 Å². The molecule has 3 fully saturated rings. The monoisotopic (exact) mass is 295 g/mol. The zero-order valence-electron chi connectivity index (χ0n) is 13.7. The minimum Gasteiger partial charge on any atom is -0.394 e. The van der Waals surface area contributed by atoms with Gasteiger partial charge in [0.1, 0.15) is 0 Å². The van der Waals surface area contributed by atoms with Crippen LogP contribution in [0.2, 0.25) is 0 Å². The van der Waals surface area contributed by atoms with Crippen LogP contribution in [0.4, 0.5) is 0 Å². The standard InChI is InChI=1S/C17H33N3O/c1-2-7-18-17(14-21)6-5-16(12-17)20-10-8-19(9-11-20)13-15-3-4-15/h15-16,18,21H,2-14H2,1H3. The van der Waals surface area contributed by atoms with Crippen LogP contribution in [-0.2, 0) is 0 Å². The lowest BCUT2D eigenvalue weighted by molar-refractivity contribution is 0.0859. The molecular formula is C17H33N3O. The van der Waals surface area contributed by atoms with Gasteiger partial charge in [0.2, 0.25) is 0 Å². The second-order valence-electron chi connectivity index (χ2n) is 7.54. The van der Waals surface area contributed by atoms with Crippen molar-refractivity contribution in [1.29, 1.82) is 0 Å². The van der Waals surface area contributed by atoms with Gasteiger partial charge in [-0.05, 0) is 51.0 Å². The smallest absolute Gasteiger partial charge is 0.0613 e. The fourth-order valence-corrected chi connectivity index (χ4v) is 4.14. The number of aliphatic hydroxyl groups is 1. The van der Waals surface area contributed by atoms with Crippen LogP contribution in [0, 0.1) is 5.92 Å². The summed E-state index contributed by atoms with van der Waals surface area (Å²) in [5, 5.41) is 13.4. The van der Waals surface area contributed by atoms with E-state index in [4.69, 9.17) is 0 Å². The first-order valence-electron chi connectivity index (χ1n) is 9.07. The fraction of sp³-hybridized carbons (Fsp3) is 1.00. The van der Waals surface area contributed by atoms with Gasteiger partial charge in [-0.3, -0.25) is 4.90 Å². The van der Waals surface area contributed by atoms with E-state index in [-0.39, 0.29) is 5.54 Å². The Kier molecular flexibility index (Phi) is 5.20. The zero-order chi connectivity index (χ0) is 14.7. The summed E-state index contributed by atoms with van der Waals surface area (Å²) in [5.41, 5.74) is 0.00578. The van der Waals surface area contributed by atoms with Gasteiger partial charge < -0.3 is 15.3 Å². The summed E-state index contributed by atoms with van der Waals surface area (Å²) in [7, 11) is 0. The predicted molar refractivity (Wildman–Crippen MR) is 86.5 cm³/mol. The summed E-state index contributed by atoms with van der Waals surface area (Å²) < 4.78 is 0. The molecule has 21 heavy (non-hydrogen) atoms. The Morgan fingerprint density at radius 3 is 2.52 bits per heavy atom. The summed E-state index contributed by atoms with van der Waals surface area (Å²) in [6.07, 6.45) is 7.59. The molecule has 4 heteroatoms. The van der Waals surface area contributed by atoms with E-state index in [1.54, 1.807) is 0 Å². The summed E-state index contributed by atoms with van der Waals surface area (Å²) >= 11 is 0. The van der Waals surface area contributed by atoms with Crippen molar-refractivity contribution in [3.05, 3.63) is 0 Å². The molecule has 1 aliphatic heterocycles. The van der Waals surface area contributed by atoms with Crippen LogP contribution in [0.1, 0.15) is 45.4 Å². The molecule has 3 aliphatic rings. The van der Waals surface area contributed by atoms with Crippen LogP contribution in [0.5, 0.6) is 0 Å². The summed E-state index contributed by atoms with van der Waals surface area (Å²) in [6, 6.07) is 0.685. The van der Waals surface area contributed by atoms with Gasteiger partial charge in [0.25, 0.3) is 0 Å². The van der Waals surface area contributed by atoms with Crippen LogP contribution in [0.3, 0.4) is 0 Å². The molecule has 0 spiro atoms. The Labute approximate surface area is 129 Å². The molecule has 2 saturated carbocycles. The minimum absolute atomic E-state index is 0.00578. The molecule has 2 N–H and O–H groups in total. The molecule has 1 saturated heterocycles.